The summed E-state index contributed by atoms with van der Waals surface area (Å²) in [6, 6.07) is 4.19. The molecule has 2 aromatic rings. The van der Waals surface area contributed by atoms with E-state index in [9.17, 15) is 44.7 Å². The molecule has 2 aromatic carbocycles. The van der Waals surface area contributed by atoms with E-state index >= 15 is 4.39 Å². The van der Waals surface area contributed by atoms with E-state index in [1.807, 2.05) is 0 Å². The van der Waals surface area contributed by atoms with Gasteiger partial charge in [0.15, 0.2) is 24.9 Å². The van der Waals surface area contributed by atoms with Crippen molar-refractivity contribution in [2.24, 2.45) is 5.73 Å². The third-order valence-electron chi connectivity index (χ3n) is 8.37. The van der Waals surface area contributed by atoms with Crippen LogP contribution in [0.25, 0.3) is 0 Å². The molecule has 0 radical (unpaired) electrons. The van der Waals surface area contributed by atoms with Crippen LogP contribution in [-0.4, -0.2) is 105 Å². The summed E-state index contributed by atoms with van der Waals surface area (Å²) in [5, 5.41) is 54.8. The summed E-state index contributed by atoms with van der Waals surface area (Å²) in [7, 11) is 1.27. The number of aromatic hydroxyl groups is 2. The third kappa shape index (κ3) is 5.72. The van der Waals surface area contributed by atoms with Gasteiger partial charge in [-0.2, -0.15) is 0 Å². The number of phenols is 2. The maximum absolute atomic E-state index is 15.2. The van der Waals surface area contributed by atoms with Crippen LogP contribution in [0.4, 0.5) is 4.39 Å². The number of hydrogen-bond donors (Lipinski definition) is 6. The lowest BCUT2D eigenvalue weighted by Gasteiger charge is -2.43. The summed E-state index contributed by atoms with van der Waals surface area (Å²) in [5.74, 6) is -5.33. The minimum absolute atomic E-state index is 0. The van der Waals surface area contributed by atoms with Gasteiger partial charge in [0.05, 0.1) is 42.4 Å². The molecule has 5 rings (SSSR count). The summed E-state index contributed by atoms with van der Waals surface area (Å²) in [6.45, 7) is 0.341. The summed E-state index contributed by atoms with van der Waals surface area (Å²) in [4.78, 5) is 52.5. The smallest absolute Gasteiger partial charge is 0.307 e. The van der Waals surface area contributed by atoms with Crippen molar-refractivity contribution >= 4 is 35.7 Å². The molecule has 1 aliphatic heterocycles. The molecule has 3 aliphatic rings. The Morgan fingerprint density at radius 3 is 2.41 bits per heavy atom. The Labute approximate surface area is 267 Å². The fourth-order valence-electron chi connectivity index (χ4n) is 5.98. The van der Waals surface area contributed by atoms with E-state index in [1.54, 1.807) is 0 Å². The van der Waals surface area contributed by atoms with Crippen LogP contribution in [0.2, 0.25) is 0 Å². The number of ether oxygens (including phenoxy) is 4. The molecule has 16 heteroatoms. The Morgan fingerprint density at radius 2 is 1.76 bits per heavy atom. The summed E-state index contributed by atoms with van der Waals surface area (Å²) >= 11 is 0. The highest BCUT2D eigenvalue weighted by Gasteiger charge is 2.52. The zero-order chi connectivity index (χ0) is 33.0. The second kappa shape index (κ2) is 13.2. The van der Waals surface area contributed by atoms with Crippen molar-refractivity contribution in [3.05, 3.63) is 51.6 Å². The van der Waals surface area contributed by atoms with E-state index in [4.69, 9.17) is 24.7 Å². The number of benzene rings is 2. The Hall–Kier alpha value is -3.70. The summed E-state index contributed by atoms with van der Waals surface area (Å²) in [6.07, 6.45) is -12.4. The predicted octanol–water partition coefficient (Wildman–Crippen LogP) is 0.304. The van der Waals surface area contributed by atoms with Crippen LogP contribution < -0.4 is 10.5 Å². The van der Waals surface area contributed by atoms with E-state index in [1.165, 1.54) is 32.2 Å². The number of carbonyl (C=O) groups excluding carboxylic acids is 4. The van der Waals surface area contributed by atoms with Crippen LogP contribution in [0.15, 0.2) is 18.2 Å². The molecular weight excluding hydrogens is 637 g/mol. The number of esters is 1. The normalized spacial score (nSPS) is 28.3. The highest BCUT2D eigenvalue weighted by molar-refractivity contribution is 6.31. The molecule has 0 bridgehead atoms. The molecule has 0 spiro atoms. The largest absolute Gasteiger partial charge is 0.507 e. The second-order valence-corrected chi connectivity index (χ2v) is 11.2. The molecule has 46 heavy (non-hydrogen) atoms. The summed E-state index contributed by atoms with van der Waals surface area (Å²) in [5.41, 5.74) is 0.571. The van der Waals surface area contributed by atoms with Crippen molar-refractivity contribution < 1.29 is 68.0 Å². The molecular formula is C30H33ClFNO13. The van der Waals surface area contributed by atoms with Crippen molar-refractivity contribution in [1.82, 2.24) is 0 Å². The van der Waals surface area contributed by atoms with Crippen molar-refractivity contribution in [3.63, 3.8) is 0 Å². The highest BCUT2D eigenvalue weighted by atomic mass is 35.5. The van der Waals surface area contributed by atoms with Gasteiger partial charge in [-0.3, -0.25) is 19.2 Å². The minimum Gasteiger partial charge on any atom is -0.507 e. The number of methoxy groups -OCH3 is 1. The fraction of sp³-hybridized carbons (Fsp3) is 0.467. The Bertz CT molecular complexity index is 1580. The molecule has 2 aliphatic carbocycles. The fourth-order valence-corrected chi connectivity index (χ4v) is 5.98. The number of nitrogens with two attached hydrogens (primary N) is 1. The van der Waals surface area contributed by atoms with Crippen molar-refractivity contribution in [2.75, 3.05) is 20.3 Å². The number of hydrogen-bond acceptors (Lipinski definition) is 14. The lowest BCUT2D eigenvalue weighted by atomic mass is 9.72. The van der Waals surface area contributed by atoms with Gasteiger partial charge >= 0.3 is 5.97 Å². The second-order valence-electron chi connectivity index (χ2n) is 11.2. The zero-order valence-corrected chi connectivity index (χ0v) is 25.4. The van der Waals surface area contributed by atoms with Crippen LogP contribution in [0.3, 0.4) is 0 Å². The molecule has 1 unspecified atom stereocenters. The first-order valence-corrected chi connectivity index (χ1v) is 14.0. The number of fused-ring (bicyclic) bond motifs is 3. The number of ketones is 3. The van der Waals surface area contributed by atoms with Gasteiger partial charge in [0.1, 0.15) is 35.1 Å². The van der Waals surface area contributed by atoms with Crippen LogP contribution in [-0.2, 0) is 30.2 Å². The maximum Gasteiger partial charge on any atom is 0.307 e. The van der Waals surface area contributed by atoms with Gasteiger partial charge in [0.2, 0.25) is 11.6 Å². The molecule has 0 saturated carbocycles. The van der Waals surface area contributed by atoms with Crippen LogP contribution in [0, 0.1) is 0 Å². The number of alkyl halides is 1. The first kappa shape index (κ1) is 35.2. The van der Waals surface area contributed by atoms with Crippen molar-refractivity contribution in [2.45, 2.75) is 68.7 Å². The number of aliphatic hydroxyl groups is 3. The third-order valence-corrected chi connectivity index (χ3v) is 8.37. The highest BCUT2D eigenvalue weighted by Crippen LogP contribution is 2.52. The topological polar surface area (TPSA) is 232 Å². The molecule has 1 heterocycles. The number of halogens is 2. The molecule has 0 aromatic heterocycles. The van der Waals surface area contributed by atoms with Gasteiger partial charge in [-0.15, -0.1) is 12.4 Å². The molecule has 1 saturated heterocycles. The van der Waals surface area contributed by atoms with E-state index in [2.05, 4.69) is 0 Å². The van der Waals surface area contributed by atoms with E-state index in [0.29, 0.717) is 0 Å². The van der Waals surface area contributed by atoms with E-state index in [-0.39, 0.29) is 53.4 Å². The van der Waals surface area contributed by atoms with Crippen molar-refractivity contribution in [3.8, 4) is 17.2 Å². The molecule has 7 atom stereocenters. The lowest BCUT2D eigenvalue weighted by Crippen LogP contribution is -2.56. The average Bonchev–Trinajstić information content (AvgIpc) is 3.01. The van der Waals surface area contributed by atoms with Crippen LogP contribution in [0.1, 0.15) is 68.8 Å². The Balaban J connectivity index is 0.00000480. The predicted molar refractivity (Wildman–Crippen MR) is 155 cm³/mol. The van der Waals surface area contributed by atoms with Gasteiger partial charge in [0.25, 0.3) is 0 Å². The molecule has 250 valence electrons. The SMILES string of the molecule is COc1cccc2c1C(=O)c1c(O)c3c(c(O)c1C2=O)C[C@@](O)(C(=O)COC(=O)CCN)CC3O[C@@H]1O[C@@H](C)[C@@H](O)[C@@H](O)[C@H]1F.Cl. The number of phenolic OH excluding ortho intramolecular Hbond substituents is 2. The first-order valence-electron chi connectivity index (χ1n) is 14.0. The summed E-state index contributed by atoms with van der Waals surface area (Å²) < 4.78 is 36.5. The number of carbonyl (C=O) groups is 4. The van der Waals surface area contributed by atoms with Gasteiger partial charge in [-0.05, 0) is 13.0 Å². The van der Waals surface area contributed by atoms with Crippen LogP contribution in [0.5, 0.6) is 17.2 Å². The number of aliphatic hydroxyl groups excluding tert-OH is 2. The zero-order valence-electron chi connectivity index (χ0n) is 24.6. The molecule has 1 fully saturated rings. The van der Waals surface area contributed by atoms with E-state index in [0.717, 1.165) is 0 Å². The first-order chi connectivity index (χ1) is 21.2. The molecule has 14 nitrogen and oxygen atoms in total. The maximum atomic E-state index is 15.2. The minimum atomic E-state index is -2.48. The van der Waals surface area contributed by atoms with Gasteiger partial charge in [0, 0.05) is 36.1 Å². The van der Waals surface area contributed by atoms with Crippen molar-refractivity contribution in [1.29, 1.82) is 0 Å². The van der Waals surface area contributed by atoms with Crippen LogP contribution >= 0.6 is 12.4 Å². The Morgan fingerprint density at radius 1 is 1.09 bits per heavy atom. The number of Topliss-reactive ketones (excluding diaryl/α,β-unsaturated/α-hetero) is 1. The standard InChI is InChI=1S/C30H32FNO13.ClH/c1-11-23(35)28(40)22(31)29(44-11)45-15-9-30(41,16(33)10-43-17(34)6-7-32)8-13-19(15)27(39)21-20(25(13)37)24(36)12-4-3-5-14(42-2)18(12)26(21)38;/h3-5,11,15,22-23,28-29,35,37,39-41H,6-10,32H2,1-2H3;1H/t11-,15?,22+,23+,28-,29-,30-;/m0./s1. The number of rotatable bonds is 8. The quantitative estimate of drug-likeness (QED) is 0.140. The van der Waals surface area contributed by atoms with Gasteiger partial charge in [-0.1, -0.05) is 12.1 Å². The van der Waals surface area contributed by atoms with Gasteiger partial charge in [-0.25, -0.2) is 4.39 Å². The molecule has 7 N–H and O–H groups in total. The lowest BCUT2D eigenvalue weighted by molar-refractivity contribution is -0.294. The van der Waals surface area contributed by atoms with Gasteiger partial charge < -0.3 is 50.2 Å². The monoisotopic (exact) mass is 669 g/mol. The van der Waals surface area contributed by atoms with E-state index < -0.39 is 108 Å². The molecule has 0 amide bonds. The Kier molecular flexibility index (Phi) is 10.1. The average molecular weight is 670 g/mol.